The number of ether oxygens (including phenoxy) is 1. The number of nitrogens with two attached hydrogens (primary N) is 1. The van der Waals surface area contributed by atoms with Gasteiger partial charge in [-0.3, -0.25) is 4.79 Å². The van der Waals surface area contributed by atoms with E-state index in [1.807, 2.05) is 31.3 Å². The van der Waals surface area contributed by atoms with Gasteiger partial charge in [-0.2, -0.15) is 0 Å². The third kappa shape index (κ3) is 3.01. The van der Waals surface area contributed by atoms with Gasteiger partial charge < -0.3 is 15.4 Å². The lowest BCUT2D eigenvalue weighted by molar-refractivity contribution is -0.138. The SMILES string of the molecule is CN(Cc1ccccc1N)C(=O)C1CCCOC1. The molecular formula is C14H20N2O2. The number of nitrogens with zero attached hydrogens (tertiary/aromatic N) is 1. The lowest BCUT2D eigenvalue weighted by Crippen LogP contribution is -2.36. The minimum atomic E-state index is 0.00804. The molecule has 2 rings (SSSR count). The molecule has 18 heavy (non-hydrogen) atoms. The third-order valence-electron chi connectivity index (χ3n) is 3.35. The van der Waals surface area contributed by atoms with Crippen LogP contribution in [0.3, 0.4) is 0 Å². The summed E-state index contributed by atoms with van der Waals surface area (Å²) in [6, 6.07) is 7.65. The predicted octanol–water partition coefficient (Wildman–Crippen LogP) is 1.65. The number of amides is 1. The third-order valence-corrected chi connectivity index (χ3v) is 3.35. The zero-order valence-corrected chi connectivity index (χ0v) is 10.8. The molecule has 1 fully saturated rings. The molecule has 1 aliphatic rings. The summed E-state index contributed by atoms with van der Waals surface area (Å²) in [6.07, 6.45) is 1.89. The highest BCUT2D eigenvalue weighted by atomic mass is 16.5. The lowest BCUT2D eigenvalue weighted by atomic mass is 10.0. The summed E-state index contributed by atoms with van der Waals surface area (Å²) in [4.78, 5) is 14.0. The molecule has 1 aromatic rings. The molecule has 0 aliphatic carbocycles. The number of carbonyl (C=O) groups excluding carboxylic acids is 1. The standard InChI is InChI=1S/C14H20N2O2/c1-16(9-11-5-2-3-7-13(11)15)14(17)12-6-4-8-18-10-12/h2-3,5,7,12H,4,6,8-10,15H2,1H3. The average Bonchev–Trinajstić information content (AvgIpc) is 2.41. The predicted molar refractivity (Wildman–Crippen MR) is 70.9 cm³/mol. The average molecular weight is 248 g/mol. The highest BCUT2D eigenvalue weighted by molar-refractivity contribution is 5.79. The van der Waals surface area contributed by atoms with Crippen molar-refractivity contribution >= 4 is 11.6 Å². The molecule has 98 valence electrons. The Kier molecular flexibility index (Phi) is 4.20. The van der Waals surface area contributed by atoms with E-state index in [9.17, 15) is 4.79 Å². The van der Waals surface area contributed by atoms with Crippen LogP contribution in [0.25, 0.3) is 0 Å². The first-order chi connectivity index (χ1) is 8.68. The molecule has 0 spiro atoms. The fourth-order valence-electron chi connectivity index (χ4n) is 2.26. The Morgan fingerprint density at radius 2 is 2.28 bits per heavy atom. The van der Waals surface area contributed by atoms with Crippen LogP contribution in [-0.4, -0.2) is 31.1 Å². The Labute approximate surface area is 108 Å². The van der Waals surface area contributed by atoms with Crippen LogP contribution in [0, 0.1) is 5.92 Å². The monoisotopic (exact) mass is 248 g/mol. The van der Waals surface area contributed by atoms with Gasteiger partial charge >= 0.3 is 0 Å². The summed E-state index contributed by atoms with van der Waals surface area (Å²) in [5, 5.41) is 0. The molecule has 4 nitrogen and oxygen atoms in total. The molecule has 0 saturated carbocycles. The maximum Gasteiger partial charge on any atom is 0.228 e. The molecular weight excluding hydrogens is 228 g/mol. The quantitative estimate of drug-likeness (QED) is 0.828. The Bertz CT molecular complexity index is 414. The van der Waals surface area contributed by atoms with E-state index in [-0.39, 0.29) is 11.8 Å². The minimum Gasteiger partial charge on any atom is -0.398 e. The first-order valence-corrected chi connectivity index (χ1v) is 6.34. The van der Waals surface area contributed by atoms with Crippen LogP contribution in [0.1, 0.15) is 18.4 Å². The largest absolute Gasteiger partial charge is 0.398 e. The van der Waals surface area contributed by atoms with Crippen LogP contribution in [0.15, 0.2) is 24.3 Å². The molecule has 1 aliphatic heterocycles. The molecule has 1 saturated heterocycles. The summed E-state index contributed by atoms with van der Waals surface area (Å²) in [6.45, 7) is 1.88. The van der Waals surface area contributed by atoms with Crippen molar-refractivity contribution in [2.24, 2.45) is 5.92 Å². The Balaban J connectivity index is 1.96. The Morgan fingerprint density at radius 3 is 2.94 bits per heavy atom. The summed E-state index contributed by atoms with van der Waals surface area (Å²) in [5.41, 5.74) is 7.61. The van der Waals surface area contributed by atoms with Crippen molar-refractivity contribution in [3.63, 3.8) is 0 Å². The van der Waals surface area contributed by atoms with Crippen molar-refractivity contribution in [2.45, 2.75) is 19.4 Å². The Hall–Kier alpha value is -1.55. The van der Waals surface area contributed by atoms with Crippen molar-refractivity contribution in [3.05, 3.63) is 29.8 Å². The Morgan fingerprint density at radius 1 is 1.50 bits per heavy atom. The molecule has 2 N–H and O–H groups in total. The molecule has 1 amide bonds. The van der Waals surface area contributed by atoms with Gasteiger partial charge in [0.1, 0.15) is 0 Å². The summed E-state index contributed by atoms with van der Waals surface area (Å²) >= 11 is 0. The molecule has 1 heterocycles. The summed E-state index contributed by atoms with van der Waals surface area (Å²) < 4.78 is 5.36. The number of hydrogen-bond acceptors (Lipinski definition) is 3. The van der Waals surface area contributed by atoms with Crippen LogP contribution >= 0.6 is 0 Å². The number of anilines is 1. The van der Waals surface area contributed by atoms with Crippen LogP contribution < -0.4 is 5.73 Å². The highest BCUT2D eigenvalue weighted by Gasteiger charge is 2.24. The zero-order chi connectivity index (χ0) is 13.0. The number of benzene rings is 1. The topological polar surface area (TPSA) is 55.6 Å². The second-order valence-electron chi connectivity index (χ2n) is 4.81. The lowest BCUT2D eigenvalue weighted by Gasteiger charge is -2.26. The second-order valence-corrected chi connectivity index (χ2v) is 4.81. The van der Waals surface area contributed by atoms with Crippen molar-refractivity contribution in [1.29, 1.82) is 0 Å². The van der Waals surface area contributed by atoms with Gasteiger partial charge in [-0.15, -0.1) is 0 Å². The zero-order valence-electron chi connectivity index (χ0n) is 10.8. The second kappa shape index (κ2) is 5.87. The van der Waals surface area contributed by atoms with Gasteiger partial charge in [0.05, 0.1) is 12.5 Å². The number of carbonyl (C=O) groups is 1. The summed E-state index contributed by atoms with van der Waals surface area (Å²) in [7, 11) is 1.82. The number of para-hydroxylation sites is 1. The van der Waals surface area contributed by atoms with Crippen molar-refractivity contribution in [2.75, 3.05) is 26.0 Å². The van der Waals surface area contributed by atoms with Gasteiger partial charge in [-0.25, -0.2) is 0 Å². The summed E-state index contributed by atoms with van der Waals surface area (Å²) in [5.74, 6) is 0.159. The number of hydrogen-bond donors (Lipinski definition) is 1. The number of rotatable bonds is 3. The molecule has 1 aromatic carbocycles. The maximum absolute atomic E-state index is 12.2. The maximum atomic E-state index is 12.2. The van der Waals surface area contributed by atoms with E-state index in [1.165, 1.54) is 0 Å². The van der Waals surface area contributed by atoms with Gasteiger partial charge in [0.2, 0.25) is 5.91 Å². The van der Waals surface area contributed by atoms with Gasteiger partial charge in [0.15, 0.2) is 0 Å². The fourth-order valence-corrected chi connectivity index (χ4v) is 2.26. The fraction of sp³-hybridized carbons (Fsp3) is 0.500. The van der Waals surface area contributed by atoms with E-state index in [2.05, 4.69) is 0 Å². The highest BCUT2D eigenvalue weighted by Crippen LogP contribution is 2.18. The van der Waals surface area contributed by atoms with Gasteiger partial charge in [-0.05, 0) is 24.5 Å². The molecule has 4 heteroatoms. The number of nitrogen functional groups attached to an aromatic ring is 1. The first kappa shape index (κ1) is 12.9. The molecule has 0 aromatic heterocycles. The van der Waals surface area contributed by atoms with Crippen molar-refractivity contribution < 1.29 is 9.53 Å². The first-order valence-electron chi connectivity index (χ1n) is 6.34. The molecule has 0 radical (unpaired) electrons. The van der Waals surface area contributed by atoms with Crippen LogP contribution in [0.4, 0.5) is 5.69 Å². The van der Waals surface area contributed by atoms with E-state index in [1.54, 1.807) is 4.90 Å². The normalized spacial score (nSPS) is 19.5. The molecule has 1 unspecified atom stereocenters. The van der Waals surface area contributed by atoms with Crippen molar-refractivity contribution in [1.82, 2.24) is 4.90 Å². The van der Waals surface area contributed by atoms with Crippen LogP contribution in [0.5, 0.6) is 0 Å². The van der Waals surface area contributed by atoms with Crippen molar-refractivity contribution in [3.8, 4) is 0 Å². The van der Waals surface area contributed by atoms with E-state index in [0.717, 1.165) is 30.7 Å². The molecule has 0 bridgehead atoms. The van der Waals surface area contributed by atoms with Gasteiger partial charge in [0, 0.05) is 25.9 Å². The van der Waals surface area contributed by atoms with E-state index < -0.39 is 0 Å². The van der Waals surface area contributed by atoms with Gasteiger partial charge in [0.25, 0.3) is 0 Å². The van der Waals surface area contributed by atoms with E-state index >= 15 is 0 Å². The van der Waals surface area contributed by atoms with Crippen LogP contribution in [-0.2, 0) is 16.1 Å². The van der Waals surface area contributed by atoms with E-state index in [4.69, 9.17) is 10.5 Å². The minimum absolute atomic E-state index is 0.00804. The van der Waals surface area contributed by atoms with Crippen LogP contribution in [0.2, 0.25) is 0 Å². The van der Waals surface area contributed by atoms with E-state index in [0.29, 0.717) is 13.2 Å². The van der Waals surface area contributed by atoms with Gasteiger partial charge in [-0.1, -0.05) is 18.2 Å². The molecule has 1 atom stereocenters. The smallest absolute Gasteiger partial charge is 0.228 e.